The fraction of sp³-hybridized carbons (Fsp3) is 0.889. The van der Waals surface area contributed by atoms with E-state index in [1.807, 2.05) is 0 Å². The molecule has 0 amide bonds. The SMILES string of the molecule is CCCCCCCC/C=C\CCCCCCCCNO. The Hall–Kier alpha value is -0.340. The second-order valence-electron chi connectivity index (χ2n) is 5.85. The molecule has 2 N–H and O–H groups in total. The second kappa shape index (κ2) is 18.7. The standard InChI is InChI=1S/C18H37NO/c1-2-3-4-5-6-7-8-9-10-11-12-13-14-15-16-17-18-19-20/h9-10,19-20H,2-8,11-18H2,1H3/b10-9-. The number of rotatable bonds is 16. The van der Waals surface area contributed by atoms with Gasteiger partial charge in [-0.05, 0) is 32.1 Å². The molecule has 2 heteroatoms. The highest BCUT2D eigenvalue weighted by Gasteiger charge is 1.91. The quantitative estimate of drug-likeness (QED) is 0.207. The lowest BCUT2D eigenvalue weighted by Crippen LogP contribution is -2.07. The summed E-state index contributed by atoms with van der Waals surface area (Å²) in [5.41, 5.74) is 2.21. The highest BCUT2D eigenvalue weighted by molar-refractivity contribution is 4.81. The van der Waals surface area contributed by atoms with E-state index < -0.39 is 0 Å². The lowest BCUT2D eigenvalue weighted by Gasteiger charge is -2.00. The van der Waals surface area contributed by atoms with Gasteiger partial charge in [0.1, 0.15) is 0 Å². The Morgan fingerprint density at radius 1 is 0.650 bits per heavy atom. The molecule has 0 radical (unpaired) electrons. The summed E-state index contributed by atoms with van der Waals surface area (Å²) in [5, 5.41) is 8.42. The normalized spacial score (nSPS) is 11.5. The highest BCUT2D eigenvalue weighted by atomic mass is 16.5. The first-order chi connectivity index (χ1) is 9.91. The summed E-state index contributed by atoms with van der Waals surface area (Å²) in [7, 11) is 0. The Kier molecular flexibility index (Phi) is 18.3. The Morgan fingerprint density at radius 3 is 1.60 bits per heavy atom. The van der Waals surface area contributed by atoms with Crippen molar-refractivity contribution in [3.8, 4) is 0 Å². The van der Waals surface area contributed by atoms with Gasteiger partial charge >= 0.3 is 0 Å². The van der Waals surface area contributed by atoms with Crippen LogP contribution in [0.1, 0.15) is 96.8 Å². The fourth-order valence-corrected chi connectivity index (χ4v) is 2.45. The van der Waals surface area contributed by atoms with Gasteiger partial charge in [-0.3, -0.25) is 0 Å². The van der Waals surface area contributed by atoms with Gasteiger partial charge in [0, 0.05) is 6.54 Å². The Balaban J connectivity index is 3.01. The summed E-state index contributed by atoms with van der Waals surface area (Å²) < 4.78 is 0. The summed E-state index contributed by atoms with van der Waals surface area (Å²) in [6.07, 6.45) is 23.4. The van der Waals surface area contributed by atoms with Crippen LogP contribution in [-0.2, 0) is 0 Å². The van der Waals surface area contributed by atoms with E-state index in [2.05, 4.69) is 24.6 Å². The smallest absolute Gasteiger partial charge is 0.0207 e. The van der Waals surface area contributed by atoms with E-state index in [1.54, 1.807) is 0 Å². The van der Waals surface area contributed by atoms with Crippen LogP contribution in [0.4, 0.5) is 0 Å². The Labute approximate surface area is 127 Å². The number of hydrogen-bond donors (Lipinski definition) is 2. The van der Waals surface area contributed by atoms with E-state index >= 15 is 0 Å². The zero-order chi connectivity index (χ0) is 14.7. The largest absolute Gasteiger partial charge is 0.317 e. The van der Waals surface area contributed by atoms with Crippen LogP contribution >= 0.6 is 0 Å². The summed E-state index contributed by atoms with van der Waals surface area (Å²) in [4.78, 5) is 0. The summed E-state index contributed by atoms with van der Waals surface area (Å²) in [6, 6.07) is 0. The molecule has 0 atom stereocenters. The van der Waals surface area contributed by atoms with Crippen LogP contribution in [-0.4, -0.2) is 11.8 Å². The van der Waals surface area contributed by atoms with Crippen molar-refractivity contribution < 1.29 is 5.21 Å². The van der Waals surface area contributed by atoms with Crippen molar-refractivity contribution in [1.29, 1.82) is 0 Å². The topological polar surface area (TPSA) is 32.3 Å². The minimum Gasteiger partial charge on any atom is -0.317 e. The molecular formula is C18H37NO. The second-order valence-corrected chi connectivity index (χ2v) is 5.85. The molecule has 0 aliphatic heterocycles. The van der Waals surface area contributed by atoms with Crippen LogP contribution in [0.15, 0.2) is 12.2 Å². The molecular weight excluding hydrogens is 246 g/mol. The van der Waals surface area contributed by atoms with Crippen molar-refractivity contribution in [2.75, 3.05) is 6.54 Å². The van der Waals surface area contributed by atoms with Gasteiger partial charge in [0.25, 0.3) is 0 Å². The average molecular weight is 283 g/mol. The van der Waals surface area contributed by atoms with Gasteiger partial charge in [0.05, 0.1) is 0 Å². The molecule has 0 bridgehead atoms. The monoisotopic (exact) mass is 283 g/mol. The van der Waals surface area contributed by atoms with Crippen molar-refractivity contribution >= 4 is 0 Å². The fourth-order valence-electron chi connectivity index (χ4n) is 2.45. The van der Waals surface area contributed by atoms with E-state index in [0.29, 0.717) is 0 Å². The number of unbranched alkanes of at least 4 members (excludes halogenated alkanes) is 12. The van der Waals surface area contributed by atoms with Crippen molar-refractivity contribution in [2.24, 2.45) is 0 Å². The zero-order valence-electron chi connectivity index (χ0n) is 13.7. The van der Waals surface area contributed by atoms with Crippen molar-refractivity contribution in [2.45, 2.75) is 96.8 Å². The first-order valence-electron chi connectivity index (χ1n) is 8.93. The highest BCUT2D eigenvalue weighted by Crippen LogP contribution is 2.09. The minimum atomic E-state index is 0.737. The average Bonchev–Trinajstić information content (AvgIpc) is 2.47. The van der Waals surface area contributed by atoms with E-state index in [1.165, 1.54) is 83.5 Å². The van der Waals surface area contributed by atoms with Gasteiger partial charge in [-0.2, -0.15) is 0 Å². The van der Waals surface area contributed by atoms with Crippen LogP contribution in [0.2, 0.25) is 0 Å². The third-order valence-corrected chi connectivity index (χ3v) is 3.80. The maximum atomic E-state index is 8.42. The first kappa shape index (κ1) is 19.7. The number of hydroxylamine groups is 1. The van der Waals surface area contributed by atoms with Gasteiger partial charge in [0.2, 0.25) is 0 Å². The molecule has 0 aromatic heterocycles. The molecule has 0 aromatic rings. The molecule has 120 valence electrons. The van der Waals surface area contributed by atoms with Gasteiger partial charge in [0.15, 0.2) is 0 Å². The summed E-state index contributed by atoms with van der Waals surface area (Å²) in [6.45, 7) is 3.01. The molecule has 0 unspecified atom stereocenters. The maximum absolute atomic E-state index is 8.42. The number of hydrogen-bond acceptors (Lipinski definition) is 2. The van der Waals surface area contributed by atoms with Crippen LogP contribution in [0.5, 0.6) is 0 Å². The van der Waals surface area contributed by atoms with Crippen molar-refractivity contribution in [3.05, 3.63) is 12.2 Å². The van der Waals surface area contributed by atoms with E-state index in [-0.39, 0.29) is 0 Å². The molecule has 20 heavy (non-hydrogen) atoms. The number of allylic oxidation sites excluding steroid dienone is 2. The molecule has 0 rings (SSSR count). The lowest BCUT2D eigenvalue weighted by atomic mass is 10.1. The first-order valence-corrected chi connectivity index (χ1v) is 8.93. The Morgan fingerprint density at radius 2 is 1.10 bits per heavy atom. The maximum Gasteiger partial charge on any atom is 0.0207 e. The van der Waals surface area contributed by atoms with Crippen molar-refractivity contribution in [3.63, 3.8) is 0 Å². The third kappa shape index (κ3) is 17.7. The summed E-state index contributed by atoms with van der Waals surface area (Å²) >= 11 is 0. The van der Waals surface area contributed by atoms with Crippen LogP contribution in [0.25, 0.3) is 0 Å². The molecule has 0 saturated carbocycles. The van der Waals surface area contributed by atoms with Crippen LogP contribution < -0.4 is 5.48 Å². The molecule has 2 nitrogen and oxygen atoms in total. The Bertz CT molecular complexity index is 192. The number of nitrogens with one attached hydrogen (secondary N) is 1. The molecule has 0 aromatic carbocycles. The van der Waals surface area contributed by atoms with Crippen LogP contribution in [0.3, 0.4) is 0 Å². The molecule has 0 spiro atoms. The van der Waals surface area contributed by atoms with Crippen LogP contribution in [0, 0.1) is 0 Å². The van der Waals surface area contributed by atoms with E-state index in [4.69, 9.17) is 5.21 Å². The molecule has 0 saturated heterocycles. The van der Waals surface area contributed by atoms with Crippen molar-refractivity contribution in [1.82, 2.24) is 5.48 Å². The predicted molar refractivity (Wildman–Crippen MR) is 89.2 cm³/mol. The molecule has 0 heterocycles. The summed E-state index contributed by atoms with van der Waals surface area (Å²) in [5.74, 6) is 0. The van der Waals surface area contributed by atoms with E-state index in [9.17, 15) is 0 Å². The lowest BCUT2D eigenvalue weighted by molar-refractivity contribution is 0.164. The zero-order valence-corrected chi connectivity index (χ0v) is 13.7. The molecule has 0 fully saturated rings. The minimum absolute atomic E-state index is 0.737. The van der Waals surface area contributed by atoms with Gasteiger partial charge < -0.3 is 5.21 Å². The van der Waals surface area contributed by atoms with E-state index in [0.717, 1.165) is 13.0 Å². The third-order valence-electron chi connectivity index (χ3n) is 3.80. The molecule has 0 aliphatic carbocycles. The van der Waals surface area contributed by atoms with Gasteiger partial charge in [-0.1, -0.05) is 76.9 Å². The predicted octanol–water partition coefficient (Wildman–Crippen LogP) is 6.00. The van der Waals surface area contributed by atoms with Gasteiger partial charge in [-0.25, -0.2) is 5.48 Å². The molecule has 0 aliphatic rings. The van der Waals surface area contributed by atoms with Gasteiger partial charge in [-0.15, -0.1) is 0 Å².